The molecule has 0 saturated heterocycles. The predicted octanol–water partition coefficient (Wildman–Crippen LogP) is 6.13. The lowest BCUT2D eigenvalue weighted by atomic mass is 9.97. The largest absolute Gasteiger partial charge is 0.432 e. The van der Waals surface area contributed by atoms with E-state index in [0.717, 1.165) is 33.9 Å². The first-order valence-electron chi connectivity index (χ1n) is 8.67. The summed E-state index contributed by atoms with van der Waals surface area (Å²) < 4.78 is 38.4. The van der Waals surface area contributed by atoms with Crippen LogP contribution in [-0.2, 0) is 6.18 Å². The zero-order chi connectivity index (χ0) is 19.7. The summed E-state index contributed by atoms with van der Waals surface area (Å²) in [4.78, 5) is 4.25. The second-order valence-electron chi connectivity index (χ2n) is 6.49. The van der Waals surface area contributed by atoms with Gasteiger partial charge in [-0.1, -0.05) is 54.6 Å². The van der Waals surface area contributed by atoms with Crippen molar-refractivity contribution in [3.63, 3.8) is 0 Å². The van der Waals surface area contributed by atoms with E-state index in [0.29, 0.717) is 5.69 Å². The average Bonchev–Trinajstić information content (AvgIpc) is 3.20. The fourth-order valence-corrected chi connectivity index (χ4v) is 3.05. The van der Waals surface area contributed by atoms with Crippen LogP contribution in [0.5, 0.6) is 0 Å². The van der Waals surface area contributed by atoms with Crippen molar-refractivity contribution < 1.29 is 13.2 Å². The maximum Gasteiger partial charge on any atom is 0.432 e. The minimum Gasteiger partial charge on any atom is -0.273 e. The number of halogens is 3. The molecule has 0 atom stereocenters. The Bertz CT molecular complexity index is 1100. The minimum atomic E-state index is -4.47. The van der Waals surface area contributed by atoms with Gasteiger partial charge in [-0.2, -0.15) is 18.3 Å². The van der Waals surface area contributed by atoms with Gasteiger partial charge in [-0.15, -0.1) is 0 Å². The first-order chi connectivity index (χ1) is 13.4. The smallest absolute Gasteiger partial charge is 0.273 e. The van der Waals surface area contributed by atoms with Crippen LogP contribution in [0.3, 0.4) is 0 Å². The van der Waals surface area contributed by atoms with Gasteiger partial charge in [0.2, 0.25) is 0 Å². The van der Waals surface area contributed by atoms with E-state index < -0.39 is 11.9 Å². The number of nitrogens with zero attached hydrogens (tertiary/aromatic N) is 2. The zero-order valence-corrected chi connectivity index (χ0v) is 15.0. The van der Waals surface area contributed by atoms with Crippen LogP contribution >= 0.6 is 0 Å². The number of H-pyrrole nitrogens is 1. The lowest BCUT2D eigenvalue weighted by molar-refractivity contribution is -0.141. The standard InChI is InChI=1S/C22H16F3N3/c1-14-13-26-19(20-12-21(28-27-20)22(23,24)25)11-18(14)17-9-7-16(8-10-17)15-5-3-2-4-6-15/h2-13H,1H3,(H,27,28). The average molecular weight is 379 g/mol. The Balaban J connectivity index is 1.69. The number of aromatic amines is 1. The van der Waals surface area contributed by atoms with Gasteiger partial charge >= 0.3 is 6.18 Å². The molecular weight excluding hydrogens is 363 g/mol. The third-order valence-corrected chi connectivity index (χ3v) is 4.55. The summed E-state index contributed by atoms with van der Waals surface area (Å²) in [6.45, 7) is 1.92. The maximum absolute atomic E-state index is 12.8. The third kappa shape index (κ3) is 3.53. The number of hydrogen-bond acceptors (Lipinski definition) is 2. The van der Waals surface area contributed by atoms with Crippen LogP contribution in [0.2, 0.25) is 0 Å². The normalized spacial score (nSPS) is 11.6. The van der Waals surface area contributed by atoms with Gasteiger partial charge in [0.1, 0.15) is 11.4 Å². The van der Waals surface area contributed by atoms with Gasteiger partial charge < -0.3 is 0 Å². The molecule has 0 amide bonds. The molecular formula is C22H16F3N3. The third-order valence-electron chi connectivity index (χ3n) is 4.55. The Morgan fingerprint density at radius 2 is 1.43 bits per heavy atom. The number of nitrogens with one attached hydrogen (secondary N) is 1. The van der Waals surface area contributed by atoms with E-state index in [2.05, 4.69) is 10.1 Å². The lowest BCUT2D eigenvalue weighted by Crippen LogP contribution is -2.04. The second-order valence-corrected chi connectivity index (χ2v) is 6.49. The fourth-order valence-electron chi connectivity index (χ4n) is 3.05. The number of aromatic nitrogens is 3. The molecule has 0 spiro atoms. The summed E-state index contributed by atoms with van der Waals surface area (Å²) in [6.07, 6.45) is -2.82. The van der Waals surface area contributed by atoms with Crippen molar-refractivity contribution in [3.8, 4) is 33.6 Å². The lowest BCUT2D eigenvalue weighted by Gasteiger charge is -2.09. The van der Waals surface area contributed by atoms with Crippen molar-refractivity contribution in [2.75, 3.05) is 0 Å². The number of benzene rings is 2. The Hall–Kier alpha value is -3.41. The first kappa shape index (κ1) is 18.0. The molecule has 0 aliphatic rings. The molecule has 0 bridgehead atoms. The van der Waals surface area contributed by atoms with Gasteiger partial charge in [0, 0.05) is 6.20 Å². The van der Waals surface area contributed by atoms with Gasteiger partial charge in [-0.3, -0.25) is 10.1 Å². The van der Waals surface area contributed by atoms with E-state index in [-0.39, 0.29) is 5.69 Å². The molecule has 0 radical (unpaired) electrons. The zero-order valence-electron chi connectivity index (χ0n) is 15.0. The van der Waals surface area contributed by atoms with Crippen molar-refractivity contribution in [3.05, 3.63) is 84.2 Å². The quantitative estimate of drug-likeness (QED) is 0.465. The van der Waals surface area contributed by atoms with Crippen molar-refractivity contribution >= 4 is 0 Å². The second kappa shape index (κ2) is 6.96. The van der Waals surface area contributed by atoms with Crippen LogP contribution in [0.4, 0.5) is 13.2 Å². The molecule has 6 heteroatoms. The number of alkyl halides is 3. The Labute approximate surface area is 159 Å². The van der Waals surface area contributed by atoms with Crippen LogP contribution in [0, 0.1) is 6.92 Å². The Kier molecular flexibility index (Phi) is 4.47. The fraction of sp³-hybridized carbons (Fsp3) is 0.0909. The highest BCUT2D eigenvalue weighted by Crippen LogP contribution is 2.32. The molecule has 0 aliphatic carbocycles. The van der Waals surface area contributed by atoms with Gasteiger partial charge in [-0.05, 0) is 46.9 Å². The van der Waals surface area contributed by atoms with E-state index in [9.17, 15) is 13.2 Å². The van der Waals surface area contributed by atoms with Crippen LogP contribution < -0.4 is 0 Å². The van der Waals surface area contributed by atoms with E-state index in [4.69, 9.17) is 0 Å². The molecule has 2 aromatic carbocycles. The van der Waals surface area contributed by atoms with Crippen LogP contribution in [0.1, 0.15) is 11.3 Å². The molecule has 0 saturated carbocycles. The summed E-state index contributed by atoms with van der Waals surface area (Å²) >= 11 is 0. The van der Waals surface area contributed by atoms with E-state index in [1.165, 1.54) is 0 Å². The molecule has 3 nitrogen and oxygen atoms in total. The highest BCUT2D eigenvalue weighted by atomic mass is 19.4. The molecule has 140 valence electrons. The molecule has 1 N–H and O–H groups in total. The van der Waals surface area contributed by atoms with Gasteiger partial charge in [0.25, 0.3) is 0 Å². The molecule has 0 unspecified atom stereocenters. The molecule has 4 rings (SSSR count). The van der Waals surface area contributed by atoms with Crippen molar-refractivity contribution in [1.82, 2.24) is 15.2 Å². The number of hydrogen-bond donors (Lipinski definition) is 1. The first-order valence-corrected chi connectivity index (χ1v) is 8.67. The molecule has 0 aliphatic heterocycles. The van der Waals surface area contributed by atoms with Crippen LogP contribution in [-0.4, -0.2) is 15.2 Å². The molecule has 0 fully saturated rings. The monoisotopic (exact) mass is 379 g/mol. The number of rotatable bonds is 3. The summed E-state index contributed by atoms with van der Waals surface area (Å²) in [5.41, 5.74) is 4.68. The molecule has 4 aromatic rings. The van der Waals surface area contributed by atoms with Gasteiger partial charge in [0.05, 0.1) is 5.69 Å². The molecule has 2 aromatic heterocycles. The number of aryl methyl sites for hydroxylation is 1. The van der Waals surface area contributed by atoms with E-state index >= 15 is 0 Å². The van der Waals surface area contributed by atoms with Gasteiger partial charge in [0.15, 0.2) is 0 Å². The minimum absolute atomic E-state index is 0.162. The predicted molar refractivity (Wildman–Crippen MR) is 102 cm³/mol. The summed E-state index contributed by atoms with van der Waals surface area (Å²) in [6, 6.07) is 20.8. The molecule has 2 heterocycles. The van der Waals surface area contributed by atoms with Crippen molar-refractivity contribution in [2.45, 2.75) is 13.1 Å². The topological polar surface area (TPSA) is 41.6 Å². The highest BCUT2D eigenvalue weighted by Gasteiger charge is 2.33. The maximum atomic E-state index is 12.8. The number of pyridine rings is 1. The highest BCUT2D eigenvalue weighted by molar-refractivity contribution is 5.74. The van der Waals surface area contributed by atoms with Crippen molar-refractivity contribution in [2.24, 2.45) is 0 Å². The van der Waals surface area contributed by atoms with E-state index in [1.807, 2.05) is 66.6 Å². The molecule has 28 heavy (non-hydrogen) atoms. The van der Waals surface area contributed by atoms with Crippen molar-refractivity contribution in [1.29, 1.82) is 0 Å². The summed E-state index contributed by atoms with van der Waals surface area (Å²) in [5, 5.41) is 5.79. The SMILES string of the molecule is Cc1cnc(-c2cc(C(F)(F)F)[nH]n2)cc1-c1ccc(-c2ccccc2)cc1. The van der Waals surface area contributed by atoms with Gasteiger partial charge in [-0.25, -0.2) is 0 Å². The van der Waals surface area contributed by atoms with Crippen LogP contribution in [0.15, 0.2) is 72.9 Å². The van der Waals surface area contributed by atoms with E-state index in [1.54, 1.807) is 12.3 Å². The van der Waals surface area contributed by atoms with Crippen LogP contribution in [0.25, 0.3) is 33.6 Å². The summed E-state index contributed by atoms with van der Waals surface area (Å²) in [7, 11) is 0. The Morgan fingerprint density at radius 3 is 2.07 bits per heavy atom. The summed E-state index contributed by atoms with van der Waals surface area (Å²) in [5.74, 6) is 0. The Morgan fingerprint density at radius 1 is 0.786 bits per heavy atom.